The normalized spacial score (nSPS) is 13.6. The summed E-state index contributed by atoms with van der Waals surface area (Å²) in [5, 5.41) is 0. The van der Waals surface area contributed by atoms with Crippen molar-refractivity contribution < 1.29 is 4.79 Å². The van der Waals surface area contributed by atoms with Gasteiger partial charge in [-0.2, -0.15) is 0 Å². The standard InChI is InChI=1S/C22H46N2O/c1-5-7-8-9-10-11-12-13-14-15-16-17-22(25)24(4)19-18-20(3)21(23)6-2/h20-21H,5-19,23H2,1-4H3. The molecule has 0 fully saturated rings. The van der Waals surface area contributed by atoms with E-state index in [0.29, 0.717) is 18.2 Å². The summed E-state index contributed by atoms with van der Waals surface area (Å²) < 4.78 is 0. The van der Waals surface area contributed by atoms with Crippen LogP contribution in [0.3, 0.4) is 0 Å². The average Bonchev–Trinajstić information content (AvgIpc) is 2.62. The molecule has 0 aliphatic carbocycles. The molecule has 0 radical (unpaired) electrons. The van der Waals surface area contributed by atoms with E-state index in [-0.39, 0.29) is 6.04 Å². The Morgan fingerprint density at radius 2 is 1.36 bits per heavy atom. The van der Waals surface area contributed by atoms with Crippen LogP contribution < -0.4 is 5.73 Å². The van der Waals surface area contributed by atoms with Gasteiger partial charge in [-0.05, 0) is 25.2 Å². The van der Waals surface area contributed by atoms with Gasteiger partial charge in [-0.15, -0.1) is 0 Å². The molecule has 0 aromatic carbocycles. The number of rotatable bonds is 17. The van der Waals surface area contributed by atoms with E-state index in [1.165, 1.54) is 64.2 Å². The van der Waals surface area contributed by atoms with Gasteiger partial charge in [-0.25, -0.2) is 0 Å². The molecule has 1 amide bonds. The Morgan fingerprint density at radius 1 is 0.880 bits per heavy atom. The fourth-order valence-electron chi connectivity index (χ4n) is 3.27. The van der Waals surface area contributed by atoms with Gasteiger partial charge in [0.15, 0.2) is 0 Å². The second kappa shape index (κ2) is 16.9. The molecule has 0 spiro atoms. The topological polar surface area (TPSA) is 46.3 Å². The molecule has 0 aromatic rings. The van der Waals surface area contributed by atoms with Crippen LogP contribution in [0.2, 0.25) is 0 Å². The summed E-state index contributed by atoms with van der Waals surface area (Å²) in [5.74, 6) is 0.787. The Kier molecular flexibility index (Phi) is 16.5. The Hall–Kier alpha value is -0.570. The van der Waals surface area contributed by atoms with E-state index in [1.54, 1.807) is 0 Å². The molecule has 0 saturated heterocycles. The van der Waals surface area contributed by atoms with Crippen molar-refractivity contribution in [1.29, 1.82) is 0 Å². The molecule has 2 unspecified atom stereocenters. The molecule has 0 bridgehead atoms. The van der Waals surface area contributed by atoms with Crippen LogP contribution in [-0.2, 0) is 4.79 Å². The number of unbranched alkanes of at least 4 members (excludes halogenated alkanes) is 10. The molecular weight excluding hydrogens is 308 g/mol. The smallest absolute Gasteiger partial charge is 0.222 e. The van der Waals surface area contributed by atoms with Crippen LogP contribution in [0.1, 0.15) is 111 Å². The lowest BCUT2D eigenvalue weighted by atomic mass is 9.97. The number of carbonyl (C=O) groups excluding carboxylic acids is 1. The van der Waals surface area contributed by atoms with Crippen molar-refractivity contribution in [3.63, 3.8) is 0 Å². The van der Waals surface area contributed by atoms with Crippen LogP contribution in [-0.4, -0.2) is 30.4 Å². The van der Waals surface area contributed by atoms with Crippen molar-refractivity contribution in [2.75, 3.05) is 13.6 Å². The van der Waals surface area contributed by atoms with Crippen LogP contribution in [0.25, 0.3) is 0 Å². The molecule has 2 atom stereocenters. The fourth-order valence-corrected chi connectivity index (χ4v) is 3.27. The van der Waals surface area contributed by atoms with E-state index in [4.69, 9.17) is 5.73 Å². The fraction of sp³-hybridized carbons (Fsp3) is 0.955. The van der Waals surface area contributed by atoms with E-state index >= 15 is 0 Å². The molecule has 0 aliphatic heterocycles. The van der Waals surface area contributed by atoms with E-state index in [1.807, 2.05) is 11.9 Å². The van der Waals surface area contributed by atoms with Crippen molar-refractivity contribution in [3.8, 4) is 0 Å². The Morgan fingerprint density at radius 3 is 1.84 bits per heavy atom. The van der Waals surface area contributed by atoms with E-state index in [2.05, 4.69) is 20.8 Å². The monoisotopic (exact) mass is 354 g/mol. The minimum atomic E-state index is 0.259. The maximum absolute atomic E-state index is 12.1. The second-order valence-corrected chi connectivity index (χ2v) is 7.94. The number of amides is 1. The third-order valence-corrected chi connectivity index (χ3v) is 5.54. The van der Waals surface area contributed by atoms with Crippen LogP contribution in [0, 0.1) is 5.92 Å². The lowest BCUT2D eigenvalue weighted by molar-refractivity contribution is -0.130. The van der Waals surface area contributed by atoms with E-state index < -0.39 is 0 Å². The van der Waals surface area contributed by atoms with E-state index in [9.17, 15) is 4.79 Å². The number of hydrogen-bond acceptors (Lipinski definition) is 2. The molecule has 2 N–H and O–H groups in total. The highest BCUT2D eigenvalue weighted by Crippen LogP contribution is 2.13. The highest BCUT2D eigenvalue weighted by atomic mass is 16.2. The van der Waals surface area contributed by atoms with Crippen molar-refractivity contribution in [1.82, 2.24) is 4.90 Å². The molecule has 25 heavy (non-hydrogen) atoms. The number of nitrogens with zero attached hydrogens (tertiary/aromatic N) is 1. The quantitative estimate of drug-likeness (QED) is 0.330. The molecule has 0 aliphatic rings. The van der Waals surface area contributed by atoms with Gasteiger partial charge in [0.1, 0.15) is 0 Å². The number of hydrogen-bond donors (Lipinski definition) is 1. The Balaban J connectivity index is 3.48. The van der Waals surface area contributed by atoms with Gasteiger partial charge in [0.2, 0.25) is 5.91 Å². The number of nitrogens with two attached hydrogens (primary N) is 1. The predicted octanol–water partition coefficient (Wildman–Crippen LogP) is 5.91. The first-order valence-electron chi connectivity index (χ1n) is 11.0. The molecule has 3 nitrogen and oxygen atoms in total. The SMILES string of the molecule is CCCCCCCCCCCCCC(=O)N(C)CCC(C)C(N)CC. The molecular formula is C22H46N2O. The lowest BCUT2D eigenvalue weighted by Gasteiger charge is -2.22. The van der Waals surface area contributed by atoms with Gasteiger partial charge in [0.05, 0.1) is 0 Å². The molecule has 0 saturated carbocycles. The van der Waals surface area contributed by atoms with Crippen molar-refractivity contribution in [2.45, 2.75) is 117 Å². The minimum absolute atomic E-state index is 0.259. The van der Waals surface area contributed by atoms with Crippen LogP contribution in [0.5, 0.6) is 0 Å². The summed E-state index contributed by atoms with van der Waals surface area (Å²) in [6.45, 7) is 7.43. The molecule has 3 heteroatoms. The van der Waals surface area contributed by atoms with Gasteiger partial charge < -0.3 is 10.6 Å². The van der Waals surface area contributed by atoms with Gasteiger partial charge in [-0.1, -0.05) is 85.0 Å². The van der Waals surface area contributed by atoms with Crippen molar-refractivity contribution in [2.24, 2.45) is 11.7 Å². The summed E-state index contributed by atoms with van der Waals surface area (Å²) in [6, 6.07) is 0.259. The summed E-state index contributed by atoms with van der Waals surface area (Å²) in [4.78, 5) is 14.0. The first-order valence-corrected chi connectivity index (χ1v) is 11.0. The summed E-state index contributed by atoms with van der Waals surface area (Å²) in [6.07, 6.45) is 17.3. The summed E-state index contributed by atoms with van der Waals surface area (Å²) >= 11 is 0. The highest BCUT2D eigenvalue weighted by molar-refractivity contribution is 5.75. The first kappa shape index (κ1) is 24.4. The van der Waals surface area contributed by atoms with Crippen LogP contribution >= 0.6 is 0 Å². The molecule has 0 rings (SSSR count). The third-order valence-electron chi connectivity index (χ3n) is 5.54. The van der Waals surface area contributed by atoms with Gasteiger partial charge in [0.25, 0.3) is 0 Å². The highest BCUT2D eigenvalue weighted by Gasteiger charge is 2.13. The minimum Gasteiger partial charge on any atom is -0.346 e. The van der Waals surface area contributed by atoms with Crippen molar-refractivity contribution in [3.05, 3.63) is 0 Å². The zero-order chi connectivity index (χ0) is 18.9. The molecule has 0 heterocycles. The van der Waals surface area contributed by atoms with Gasteiger partial charge in [0, 0.05) is 26.1 Å². The average molecular weight is 355 g/mol. The zero-order valence-corrected chi connectivity index (χ0v) is 17.7. The molecule has 0 aromatic heterocycles. The zero-order valence-electron chi connectivity index (χ0n) is 17.7. The van der Waals surface area contributed by atoms with Gasteiger partial charge >= 0.3 is 0 Å². The van der Waals surface area contributed by atoms with Crippen LogP contribution in [0.4, 0.5) is 0 Å². The third kappa shape index (κ3) is 14.3. The first-order chi connectivity index (χ1) is 12.0. The summed E-state index contributed by atoms with van der Waals surface area (Å²) in [7, 11) is 1.94. The Bertz CT molecular complexity index is 306. The maximum Gasteiger partial charge on any atom is 0.222 e. The second-order valence-electron chi connectivity index (χ2n) is 7.94. The Labute approximate surface area is 158 Å². The van der Waals surface area contributed by atoms with Crippen LogP contribution in [0.15, 0.2) is 0 Å². The summed E-state index contributed by atoms with van der Waals surface area (Å²) in [5.41, 5.74) is 6.05. The van der Waals surface area contributed by atoms with E-state index in [0.717, 1.165) is 25.8 Å². The predicted molar refractivity (Wildman–Crippen MR) is 111 cm³/mol. The number of carbonyl (C=O) groups is 1. The van der Waals surface area contributed by atoms with Crippen molar-refractivity contribution >= 4 is 5.91 Å². The largest absolute Gasteiger partial charge is 0.346 e. The molecule has 150 valence electrons. The lowest BCUT2D eigenvalue weighted by Crippen LogP contribution is -2.33. The maximum atomic E-state index is 12.1. The van der Waals surface area contributed by atoms with Gasteiger partial charge in [-0.3, -0.25) is 4.79 Å².